The van der Waals surface area contributed by atoms with Crippen LogP contribution in [0.15, 0.2) is 0 Å². The molecule has 114 valence electrons. The van der Waals surface area contributed by atoms with E-state index in [9.17, 15) is 9.59 Å². The Hall–Kier alpha value is -1.56. The molecule has 1 aromatic heterocycles. The lowest BCUT2D eigenvalue weighted by molar-refractivity contribution is 0.0603. The highest BCUT2D eigenvalue weighted by atomic mass is 32.1. The summed E-state index contributed by atoms with van der Waals surface area (Å²) in [7, 11) is 1.33. The van der Waals surface area contributed by atoms with E-state index in [1.165, 1.54) is 31.3 Å². The van der Waals surface area contributed by atoms with Crippen molar-refractivity contribution in [1.82, 2.24) is 0 Å². The minimum absolute atomic E-state index is 0.0633. The summed E-state index contributed by atoms with van der Waals surface area (Å²) in [5, 5.41) is 3.96. The second kappa shape index (κ2) is 5.02. The normalized spacial score (nSPS) is 19.1. The third-order valence-electron chi connectivity index (χ3n) is 4.29. The number of hydrogen-bond acceptors (Lipinski definition) is 6. The molecule has 2 aliphatic rings. The van der Waals surface area contributed by atoms with E-state index in [0.29, 0.717) is 20.9 Å². The van der Waals surface area contributed by atoms with Crippen molar-refractivity contribution in [3.8, 4) is 0 Å². The number of Topliss-reactive ketones (excluding diaryl/α,β-unsaturated/α-hetero) is 1. The molecule has 0 bridgehead atoms. The summed E-state index contributed by atoms with van der Waals surface area (Å²) in [6.07, 6.45) is 4.21. The number of rotatable bonds is 6. The summed E-state index contributed by atoms with van der Waals surface area (Å²) < 4.78 is 4.81. The van der Waals surface area contributed by atoms with Crippen LogP contribution in [0.4, 0.5) is 10.7 Å². The molecule has 1 aromatic rings. The predicted octanol–water partition coefficient (Wildman–Crippen LogP) is 2.92. The molecular weight excluding hydrogens is 288 g/mol. The molecular formula is C15H20N2O3S. The topological polar surface area (TPSA) is 81.4 Å². The van der Waals surface area contributed by atoms with Gasteiger partial charge in [-0.1, -0.05) is 6.92 Å². The van der Waals surface area contributed by atoms with E-state index in [2.05, 4.69) is 12.2 Å². The van der Waals surface area contributed by atoms with Crippen LogP contribution < -0.4 is 11.1 Å². The summed E-state index contributed by atoms with van der Waals surface area (Å²) in [6.45, 7) is 2.99. The molecule has 0 unspecified atom stereocenters. The maximum atomic E-state index is 12.3. The van der Waals surface area contributed by atoms with Gasteiger partial charge in [-0.25, -0.2) is 4.79 Å². The second-order valence-corrected chi connectivity index (χ2v) is 7.36. The van der Waals surface area contributed by atoms with Gasteiger partial charge in [-0.2, -0.15) is 0 Å². The smallest absolute Gasteiger partial charge is 0.343 e. The lowest BCUT2D eigenvalue weighted by Gasteiger charge is -2.11. The zero-order valence-electron chi connectivity index (χ0n) is 12.3. The number of nitrogen functional groups attached to an aromatic ring is 1. The highest BCUT2D eigenvalue weighted by molar-refractivity contribution is 7.19. The van der Waals surface area contributed by atoms with Gasteiger partial charge in [0.1, 0.15) is 10.6 Å². The first-order chi connectivity index (χ1) is 9.95. The highest BCUT2D eigenvalue weighted by Crippen LogP contribution is 2.46. The van der Waals surface area contributed by atoms with Gasteiger partial charge in [-0.15, -0.1) is 11.3 Å². The van der Waals surface area contributed by atoms with Crippen molar-refractivity contribution < 1.29 is 14.3 Å². The van der Waals surface area contributed by atoms with Gasteiger partial charge in [0, 0.05) is 12.5 Å². The molecule has 0 atom stereocenters. The maximum Gasteiger partial charge on any atom is 0.343 e. The van der Waals surface area contributed by atoms with Gasteiger partial charge < -0.3 is 15.8 Å². The summed E-state index contributed by atoms with van der Waals surface area (Å²) in [4.78, 5) is 24.7. The van der Waals surface area contributed by atoms with E-state index in [0.717, 1.165) is 19.4 Å². The summed E-state index contributed by atoms with van der Waals surface area (Å²) in [5.74, 6) is -0.333. The largest absolute Gasteiger partial charge is 0.465 e. The van der Waals surface area contributed by atoms with E-state index in [1.807, 2.05) is 0 Å². The minimum Gasteiger partial charge on any atom is -0.465 e. The van der Waals surface area contributed by atoms with Crippen molar-refractivity contribution in [3.05, 3.63) is 10.4 Å². The number of carbonyl (C=O) groups is 2. The van der Waals surface area contributed by atoms with Gasteiger partial charge in [0.2, 0.25) is 0 Å². The number of carbonyl (C=O) groups excluding carboxylic acids is 2. The minimum atomic E-state index is -0.484. The lowest BCUT2D eigenvalue weighted by Crippen LogP contribution is -2.14. The standard InChI is InChI=1S/C15H20N2O3S/c1-15(5-6-15)7-17-13-9(14(19)20-2)10(16)12(21-13)11(18)8-3-4-8/h8,17H,3-7,16H2,1-2H3. The summed E-state index contributed by atoms with van der Waals surface area (Å²) >= 11 is 1.29. The SMILES string of the molecule is COC(=O)c1c(NCC2(C)CC2)sc(C(=O)C2CC2)c1N. The first-order valence-electron chi connectivity index (χ1n) is 7.24. The molecule has 0 aromatic carbocycles. The first-order valence-corrected chi connectivity index (χ1v) is 8.05. The summed E-state index contributed by atoms with van der Waals surface area (Å²) in [6, 6.07) is 0. The van der Waals surface area contributed by atoms with Crippen LogP contribution in [0.3, 0.4) is 0 Å². The Balaban J connectivity index is 1.89. The predicted molar refractivity (Wildman–Crippen MR) is 83.0 cm³/mol. The average Bonchev–Trinajstić information content (AvgIpc) is 3.37. The molecule has 0 radical (unpaired) electrons. The molecule has 0 amide bonds. The maximum absolute atomic E-state index is 12.3. The van der Waals surface area contributed by atoms with Gasteiger partial charge in [0.15, 0.2) is 5.78 Å². The van der Waals surface area contributed by atoms with Crippen molar-refractivity contribution in [2.75, 3.05) is 24.7 Å². The summed E-state index contributed by atoms with van der Waals surface area (Å²) in [5.41, 5.74) is 6.94. The number of thiophene rings is 1. The number of anilines is 2. The Morgan fingerprint density at radius 3 is 2.62 bits per heavy atom. The van der Waals surface area contributed by atoms with E-state index >= 15 is 0 Å². The number of methoxy groups -OCH3 is 1. The molecule has 2 aliphatic carbocycles. The van der Waals surface area contributed by atoms with Crippen LogP contribution in [0.25, 0.3) is 0 Å². The molecule has 3 N–H and O–H groups in total. The fraction of sp³-hybridized carbons (Fsp3) is 0.600. The van der Waals surface area contributed by atoms with Crippen LogP contribution in [-0.4, -0.2) is 25.4 Å². The average molecular weight is 308 g/mol. The van der Waals surface area contributed by atoms with E-state index < -0.39 is 5.97 Å². The third-order valence-corrected chi connectivity index (χ3v) is 5.46. The highest BCUT2D eigenvalue weighted by Gasteiger charge is 2.38. The molecule has 2 fully saturated rings. The molecule has 0 spiro atoms. The number of hydrogen-bond donors (Lipinski definition) is 2. The van der Waals surface area contributed by atoms with Gasteiger partial charge in [-0.3, -0.25) is 4.79 Å². The van der Waals surface area contributed by atoms with Crippen LogP contribution in [-0.2, 0) is 4.74 Å². The molecule has 3 rings (SSSR count). The van der Waals surface area contributed by atoms with Crippen LogP contribution in [0, 0.1) is 11.3 Å². The zero-order chi connectivity index (χ0) is 15.2. The van der Waals surface area contributed by atoms with E-state index in [1.54, 1.807) is 0 Å². The number of nitrogens with one attached hydrogen (secondary N) is 1. The first kappa shape index (κ1) is 14.4. The van der Waals surface area contributed by atoms with Gasteiger partial charge >= 0.3 is 5.97 Å². The fourth-order valence-corrected chi connectivity index (χ4v) is 3.39. The molecule has 21 heavy (non-hydrogen) atoms. The van der Waals surface area contributed by atoms with Crippen LogP contribution in [0.1, 0.15) is 52.6 Å². The molecule has 0 saturated heterocycles. The Morgan fingerprint density at radius 1 is 1.43 bits per heavy atom. The number of nitrogens with two attached hydrogens (primary N) is 1. The van der Waals surface area contributed by atoms with Crippen molar-refractivity contribution >= 4 is 33.8 Å². The van der Waals surface area contributed by atoms with Gasteiger partial charge in [-0.05, 0) is 31.1 Å². The Morgan fingerprint density at radius 2 is 2.10 bits per heavy atom. The van der Waals surface area contributed by atoms with Gasteiger partial charge in [0.05, 0.1) is 17.7 Å². The molecule has 2 saturated carbocycles. The zero-order valence-corrected chi connectivity index (χ0v) is 13.1. The van der Waals surface area contributed by atoms with Crippen LogP contribution in [0.5, 0.6) is 0 Å². The third kappa shape index (κ3) is 2.77. The number of ketones is 1. The van der Waals surface area contributed by atoms with Crippen LogP contribution >= 0.6 is 11.3 Å². The molecule has 1 heterocycles. The van der Waals surface area contributed by atoms with E-state index in [4.69, 9.17) is 10.5 Å². The van der Waals surface area contributed by atoms with E-state index in [-0.39, 0.29) is 17.4 Å². The van der Waals surface area contributed by atoms with Crippen molar-refractivity contribution in [3.63, 3.8) is 0 Å². The van der Waals surface area contributed by atoms with Crippen molar-refractivity contribution in [2.24, 2.45) is 11.3 Å². The number of ether oxygens (including phenoxy) is 1. The Kier molecular flexibility index (Phi) is 3.43. The lowest BCUT2D eigenvalue weighted by atomic mass is 10.1. The van der Waals surface area contributed by atoms with Crippen molar-refractivity contribution in [2.45, 2.75) is 32.6 Å². The Labute approximate surface area is 127 Å². The van der Waals surface area contributed by atoms with Gasteiger partial charge in [0.25, 0.3) is 0 Å². The number of esters is 1. The molecule has 5 nitrogen and oxygen atoms in total. The fourth-order valence-electron chi connectivity index (χ4n) is 2.27. The molecule has 0 aliphatic heterocycles. The Bertz CT molecular complexity index is 600. The second-order valence-electron chi connectivity index (χ2n) is 6.34. The molecule has 6 heteroatoms. The monoisotopic (exact) mass is 308 g/mol. The quantitative estimate of drug-likeness (QED) is 0.624. The van der Waals surface area contributed by atoms with Crippen LogP contribution in [0.2, 0.25) is 0 Å². The van der Waals surface area contributed by atoms with Crippen molar-refractivity contribution in [1.29, 1.82) is 0 Å².